The molecule has 3 nitrogen and oxygen atoms in total. The zero-order valence-corrected chi connectivity index (χ0v) is 17.8. The lowest BCUT2D eigenvalue weighted by Gasteiger charge is -2.32. The first-order chi connectivity index (χ1) is 14.0. The molecule has 1 atom stereocenters. The van der Waals surface area contributed by atoms with E-state index in [-0.39, 0.29) is 11.9 Å². The average Bonchev–Trinajstić information content (AvgIpc) is 3.17. The molecule has 3 heteroatoms. The van der Waals surface area contributed by atoms with Crippen molar-refractivity contribution in [3.63, 3.8) is 0 Å². The molecule has 0 spiro atoms. The topological polar surface area (TPSA) is 25.2 Å². The summed E-state index contributed by atoms with van der Waals surface area (Å²) in [5.74, 6) is 0.635. The second-order valence-corrected chi connectivity index (χ2v) is 8.10. The molecule has 1 unspecified atom stereocenters. The summed E-state index contributed by atoms with van der Waals surface area (Å²) in [4.78, 5) is 15.2. The van der Waals surface area contributed by atoms with Gasteiger partial charge >= 0.3 is 0 Å². The Hall–Kier alpha value is -2.81. The fourth-order valence-corrected chi connectivity index (χ4v) is 3.56. The van der Waals surface area contributed by atoms with E-state index in [0.717, 1.165) is 13.0 Å². The van der Waals surface area contributed by atoms with Crippen molar-refractivity contribution in [2.24, 2.45) is 5.92 Å². The van der Waals surface area contributed by atoms with E-state index >= 15 is 0 Å². The first kappa shape index (κ1) is 20.9. The third-order valence-electron chi connectivity index (χ3n) is 5.70. The Balaban J connectivity index is 1.72. The lowest BCUT2D eigenvalue weighted by molar-refractivity contribution is -0.134. The Kier molecular flexibility index (Phi) is 7.29. The van der Waals surface area contributed by atoms with Gasteiger partial charge in [0.15, 0.2) is 0 Å². The van der Waals surface area contributed by atoms with Crippen LogP contribution in [0.1, 0.15) is 44.0 Å². The van der Waals surface area contributed by atoms with Crippen LogP contribution in [0.15, 0.2) is 79.0 Å². The van der Waals surface area contributed by atoms with Gasteiger partial charge < -0.3 is 9.47 Å². The first-order valence-corrected chi connectivity index (χ1v) is 10.6. The van der Waals surface area contributed by atoms with E-state index in [9.17, 15) is 4.79 Å². The first-order valence-electron chi connectivity index (χ1n) is 10.6. The summed E-state index contributed by atoms with van der Waals surface area (Å²) in [5, 5.41) is 0. The van der Waals surface area contributed by atoms with Crippen LogP contribution in [0, 0.1) is 5.92 Å². The molecule has 0 N–H and O–H groups in total. The van der Waals surface area contributed by atoms with Crippen LogP contribution in [-0.2, 0) is 24.3 Å². The second-order valence-electron chi connectivity index (χ2n) is 8.10. The highest BCUT2D eigenvalue weighted by atomic mass is 16.2. The maximum absolute atomic E-state index is 13.2. The largest absolute Gasteiger partial charge is 0.345 e. The summed E-state index contributed by atoms with van der Waals surface area (Å²) >= 11 is 0. The summed E-state index contributed by atoms with van der Waals surface area (Å²) in [6.07, 6.45) is 3.43. The predicted octanol–water partition coefficient (Wildman–Crippen LogP) is 5.54. The predicted molar refractivity (Wildman–Crippen MR) is 120 cm³/mol. The molecule has 0 saturated carbocycles. The van der Waals surface area contributed by atoms with Gasteiger partial charge in [-0.2, -0.15) is 0 Å². The molecule has 1 heterocycles. The Labute approximate surface area is 175 Å². The molecule has 0 radical (unpaired) electrons. The molecule has 3 aromatic rings. The molecule has 0 aliphatic heterocycles. The van der Waals surface area contributed by atoms with Gasteiger partial charge in [0, 0.05) is 30.9 Å². The molecule has 3 rings (SSSR count). The number of nitrogens with zero attached hydrogens (tertiary/aromatic N) is 2. The van der Waals surface area contributed by atoms with E-state index in [4.69, 9.17) is 0 Å². The smallest absolute Gasteiger partial charge is 0.223 e. The van der Waals surface area contributed by atoms with Gasteiger partial charge in [-0.3, -0.25) is 4.79 Å². The molecule has 0 aliphatic carbocycles. The number of aryl methyl sites for hydroxylation is 1. The summed E-state index contributed by atoms with van der Waals surface area (Å²) in [6, 6.07) is 25.1. The van der Waals surface area contributed by atoms with Gasteiger partial charge in [-0.15, -0.1) is 0 Å². The highest BCUT2D eigenvalue weighted by Crippen LogP contribution is 2.18. The number of carbonyl (C=O) groups is 1. The van der Waals surface area contributed by atoms with Gasteiger partial charge in [0.2, 0.25) is 5.91 Å². The normalized spacial score (nSPS) is 12.1. The van der Waals surface area contributed by atoms with Crippen LogP contribution >= 0.6 is 0 Å². The maximum Gasteiger partial charge on any atom is 0.223 e. The minimum Gasteiger partial charge on any atom is -0.345 e. The minimum absolute atomic E-state index is 0.193. The fraction of sp³-hybridized carbons (Fsp3) is 0.346. The second kappa shape index (κ2) is 10.1. The van der Waals surface area contributed by atoms with E-state index in [1.165, 1.54) is 16.8 Å². The van der Waals surface area contributed by atoms with Crippen molar-refractivity contribution in [1.82, 2.24) is 9.47 Å². The van der Waals surface area contributed by atoms with E-state index in [1.807, 2.05) is 24.3 Å². The van der Waals surface area contributed by atoms with E-state index in [0.29, 0.717) is 18.9 Å². The molecule has 1 amide bonds. The van der Waals surface area contributed by atoms with Crippen LogP contribution in [0.5, 0.6) is 0 Å². The van der Waals surface area contributed by atoms with Gasteiger partial charge in [0.05, 0.1) is 6.54 Å². The number of benzene rings is 2. The van der Waals surface area contributed by atoms with Crippen LogP contribution in [0.3, 0.4) is 0 Å². The standard InChI is InChI=1S/C26H32N2O/c1-21(2)22(3)28(26(29)17-16-23-11-6-4-7-12-23)20-25-15-10-18-27(25)19-24-13-8-5-9-14-24/h4-15,18,21-22H,16-17,19-20H2,1-3H3. The van der Waals surface area contributed by atoms with Crippen molar-refractivity contribution >= 4 is 5.91 Å². The molecule has 29 heavy (non-hydrogen) atoms. The van der Waals surface area contributed by atoms with Gasteiger partial charge in [0.25, 0.3) is 0 Å². The quantitative estimate of drug-likeness (QED) is 0.472. The zero-order chi connectivity index (χ0) is 20.6. The lowest BCUT2D eigenvalue weighted by Crippen LogP contribution is -2.41. The van der Waals surface area contributed by atoms with Crippen molar-refractivity contribution in [2.45, 2.75) is 52.7 Å². The van der Waals surface area contributed by atoms with Crippen molar-refractivity contribution in [1.29, 1.82) is 0 Å². The average molecular weight is 389 g/mol. The fourth-order valence-electron chi connectivity index (χ4n) is 3.56. The highest BCUT2D eigenvalue weighted by molar-refractivity contribution is 5.76. The summed E-state index contributed by atoms with van der Waals surface area (Å²) in [7, 11) is 0. The molecule has 2 aromatic carbocycles. The van der Waals surface area contributed by atoms with Crippen molar-refractivity contribution < 1.29 is 4.79 Å². The number of hydrogen-bond acceptors (Lipinski definition) is 1. The highest BCUT2D eigenvalue weighted by Gasteiger charge is 2.23. The summed E-state index contributed by atoms with van der Waals surface area (Å²) in [5.41, 5.74) is 3.66. The number of amides is 1. The SMILES string of the molecule is CC(C)C(C)N(Cc1cccn1Cc1ccccc1)C(=O)CCc1ccccc1. The molecule has 1 aromatic heterocycles. The molecule has 152 valence electrons. The van der Waals surface area contributed by atoms with Gasteiger partial charge in [0.1, 0.15) is 0 Å². The van der Waals surface area contributed by atoms with E-state index in [1.54, 1.807) is 0 Å². The molecule has 0 bridgehead atoms. The number of aromatic nitrogens is 1. The number of rotatable bonds is 9. The van der Waals surface area contributed by atoms with Crippen LogP contribution in [0.25, 0.3) is 0 Å². The number of carbonyl (C=O) groups excluding carboxylic acids is 1. The Morgan fingerprint density at radius 1 is 0.862 bits per heavy atom. The molecular formula is C26H32N2O. The monoisotopic (exact) mass is 388 g/mol. The molecule has 0 aliphatic rings. The zero-order valence-electron chi connectivity index (χ0n) is 17.8. The summed E-state index contributed by atoms with van der Waals surface area (Å²) in [6.45, 7) is 8.00. The van der Waals surface area contributed by atoms with Crippen LogP contribution < -0.4 is 0 Å². The minimum atomic E-state index is 0.193. The lowest BCUT2D eigenvalue weighted by atomic mass is 10.0. The van der Waals surface area contributed by atoms with Gasteiger partial charge in [-0.1, -0.05) is 74.5 Å². The Morgan fingerprint density at radius 2 is 1.48 bits per heavy atom. The van der Waals surface area contributed by atoms with Crippen molar-refractivity contribution in [2.75, 3.05) is 0 Å². The Morgan fingerprint density at radius 3 is 2.10 bits per heavy atom. The summed E-state index contributed by atoms with van der Waals surface area (Å²) < 4.78 is 2.25. The molecule has 0 saturated heterocycles. The number of hydrogen-bond donors (Lipinski definition) is 0. The van der Waals surface area contributed by atoms with Crippen LogP contribution in [-0.4, -0.2) is 21.4 Å². The van der Waals surface area contributed by atoms with Crippen LogP contribution in [0.2, 0.25) is 0 Å². The van der Waals surface area contributed by atoms with E-state index < -0.39 is 0 Å². The van der Waals surface area contributed by atoms with Gasteiger partial charge in [-0.25, -0.2) is 0 Å². The Bertz CT molecular complexity index is 883. The molecular weight excluding hydrogens is 356 g/mol. The maximum atomic E-state index is 13.2. The van der Waals surface area contributed by atoms with Crippen molar-refractivity contribution in [3.8, 4) is 0 Å². The third kappa shape index (κ3) is 5.83. The van der Waals surface area contributed by atoms with Crippen molar-refractivity contribution in [3.05, 3.63) is 95.8 Å². The third-order valence-corrected chi connectivity index (χ3v) is 5.70. The van der Waals surface area contributed by atoms with E-state index in [2.05, 4.69) is 85.0 Å². The van der Waals surface area contributed by atoms with Crippen LogP contribution in [0.4, 0.5) is 0 Å². The molecule has 0 fully saturated rings. The van der Waals surface area contributed by atoms with Gasteiger partial charge in [-0.05, 0) is 42.5 Å².